The Morgan fingerprint density at radius 1 is 0.914 bits per heavy atom. The Morgan fingerprint density at radius 3 is 2.49 bits per heavy atom. The van der Waals surface area contributed by atoms with E-state index in [1.54, 1.807) is 24.8 Å². The quantitative estimate of drug-likeness (QED) is 0.404. The summed E-state index contributed by atoms with van der Waals surface area (Å²) in [5.74, 6) is 1.69. The lowest BCUT2D eigenvalue weighted by Gasteiger charge is -2.35. The van der Waals surface area contributed by atoms with Crippen LogP contribution in [0.3, 0.4) is 0 Å². The lowest BCUT2D eigenvalue weighted by molar-refractivity contribution is 0.0598. The minimum atomic E-state index is -0.236. The van der Waals surface area contributed by atoms with E-state index in [4.69, 9.17) is 9.72 Å². The van der Waals surface area contributed by atoms with E-state index >= 15 is 0 Å². The van der Waals surface area contributed by atoms with Crippen LogP contribution in [0.4, 0.5) is 0 Å². The van der Waals surface area contributed by atoms with Gasteiger partial charge in [0.15, 0.2) is 5.82 Å². The van der Waals surface area contributed by atoms with Crippen LogP contribution >= 0.6 is 0 Å². The first-order valence-electron chi connectivity index (χ1n) is 11.7. The molecule has 5 rings (SSSR count). The van der Waals surface area contributed by atoms with E-state index in [-0.39, 0.29) is 11.9 Å². The minimum absolute atomic E-state index is 0.0907. The van der Waals surface area contributed by atoms with Gasteiger partial charge in [0.2, 0.25) is 5.88 Å². The summed E-state index contributed by atoms with van der Waals surface area (Å²) < 4.78 is 6.01. The van der Waals surface area contributed by atoms with Gasteiger partial charge in [-0.3, -0.25) is 9.78 Å². The molecule has 0 spiro atoms. The third kappa shape index (κ3) is 5.16. The highest BCUT2D eigenvalue weighted by Crippen LogP contribution is 2.32. The Kier molecular flexibility index (Phi) is 6.43. The summed E-state index contributed by atoms with van der Waals surface area (Å²) in [5, 5.41) is 0. The van der Waals surface area contributed by atoms with Crippen LogP contribution in [0.1, 0.15) is 52.7 Å². The number of carbonyl (C=O) groups is 1. The number of ether oxygens (including phenoxy) is 1. The molecule has 0 radical (unpaired) electrons. The van der Waals surface area contributed by atoms with E-state index in [1.165, 1.54) is 6.33 Å². The maximum absolute atomic E-state index is 13.6. The molecular weight excluding hydrogens is 440 g/mol. The zero-order valence-electron chi connectivity index (χ0n) is 19.8. The molecule has 4 aromatic rings. The molecule has 0 aliphatic carbocycles. The van der Waals surface area contributed by atoms with E-state index in [1.807, 2.05) is 55.1 Å². The van der Waals surface area contributed by atoms with Crippen molar-refractivity contribution in [2.45, 2.75) is 39.2 Å². The fraction of sp³-hybridized carbons (Fsp3) is 0.259. The molecule has 1 saturated heterocycles. The van der Waals surface area contributed by atoms with Crippen molar-refractivity contribution in [3.8, 4) is 22.8 Å². The van der Waals surface area contributed by atoms with Crippen molar-refractivity contribution in [2.75, 3.05) is 6.54 Å². The molecule has 1 aromatic carbocycles. The van der Waals surface area contributed by atoms with E-state index in [9.17, 15) is 4.79 Å². The molecular formula is C27H26N6O2. The number of piperidine rings is 1. The maximum Gasteiger partial charge on any atom is 0.256 e. The maximum atomic E-state index is 13.6. The Bertz CT molecular complexity index is 1330. The van der Waals surface area contributed by atoms with Crippen LogP contribution in [-0.4, -0.2) is 42.3 Å². The highest BCUT2D eigenvalue weighted by Gasteiger charge is 2.31. The number of aryl methyl sites for hydroxylation is 2. The average molecular weight is 467 g/mol. The minimum Gasteiger partial charge on any atom is -0.439 e. The molecule has 1 aliphatic heterocycles. The summed E-state index contributed by atoms with van der Waals surface area (Å²) >= 11 is 0. The Morgan fingerprint density at radius 2 is 1.69 bits per heavy atom. The van der Waals surface area contributed by atoms with E-state index in [0.717, 1.165) is 41.6 Å². The van der Waals surface area contributed by atoms with Gasteiger partial charge in [-0.25, -0.2) is 15.0 Å². The second kappa shape index (κ2) is 9.97. The van der Waals surface area contributed by atoms with Gasteiger partial charge in [0.05, 0.1) is 11.6 Å². The summed E-state index contributed by atoms with van der Waals surface area (Å²) in [6, 6.07) is 11.2. The standard InChI is InChI=1S/C27H26N6O2/c1-18-6-8-23(9-7-18)35-25-11-19(2)31-26(32-25)24-5-3-4-10-33(24)27(34)21-12-20(13-28-14-21)22-15-29-17-30-16-22/h6-9,11-17,24H,3-5,10H2,1-2H3. The first-order chi connectivity index (χ1) is 17.1. The van der Waals surface area contributed by atoms with Gasteiger partial charge in [-0.2, -0.15) is 4.98 Å². The molecule has 4 heterocycles. The zero-order chi connectivity index (χ0) is 24.2. The molecule has 0 saturated carbocycles. The molecule has 176 valence electrons. The fourth-order valence-electron chi connectivity index (χ4n) is 4.26. The van der Waals surface area contributed by atoms with Crippen LogP contribution in [0.25, 0.3) is 11.1 Å². The molecule has 8 heteroatoms. The highest BCUT2D eigenvalue weighted by atomic mass is 16.5. The number of likely N-dealkylation sites (tertiary alicyclic amines) is 1. The smallest absolute Gasteiger partial charge is 0.256 e. The van der Waals surface area contributed by atoms with Gasteiger partial charge in [0, 0.05) is 54.2 Å². The molecule has 1 amide bonds. The second-order valence-electron chi connectivity index (χ2n) is 8.72. The Labute approximate surface area is 204 Å². The Balaban J connectivity index is 1.42. The SMILES string of the molecule is Cc1ccc(Oc2cc(C)nc(C3CCCCN3C(=O)c3cncc(-c4cncnc4)c3)n2)cc1. The van der Waals surface area contributed by atoms with E-state index in [2.05, 4.69) is 19.9 Å². The fourth-order valence-corrected chi connectivity index (χ4v) is 4.26. The van der Waals surface area contributed by atoms with E-state index < -0.39 is 0 Å². The van der Waals surface area contributed by atoms with Crippen LogP contribution in [0.2, 0.25) is 0 Å². The number of hydrogen-bond acceptors (Lipinski definition) is 7. The van der Waals surface area contributed by atoms with Crippen LogP contribution in [-0.2, 0) is 0 Å². The lowest BCUT2D eigenvalue weighted by Crippen LogP contribution is -2.39. The summed E-state index contributed by atoms with van der Waals surface area (Å²) in [6.07, 6.45) is 10.9. The van der Waals surface area contributed by atoms with Crippen LogP contribution in [0, 0.1) is 13.8 Å². The van der Waals surface area contributed by atoms with Crippen molar-refractivity contribution in [3.05, 3.63) is 90.2 Å². The van der Waals surface area contributed by atoms with Gasteiger partial charge in [-0.1, -0.05) is 17.7 Å². The number of hydrogen-bond donors (Lipinski definition) is 0. The number of aromatic nitrogens is 5. The predicted octanol–water partition coefficient (Wildman–Crippen LogP) is 5.11. The predicted molar refractivity (Wildman–Crippen MR) is 131 cm³/mol. The van der Waals surface area contributed by atoms with Gasteiger partial charge in [-0.05, 0) is 51.3 Å². The summed E-state index contributed by atoms with van der Waals surface area (Å²) in [6.45, 7) is 4.58. The van der Waals surface area contributed by atoms with E-state index in [0.29, 0.717) is 29.6 Å². The number of rotatable bonds is 5. The van der Waals surface area contributed by atoms with Crippen LogP contribution in [0.15, 0.2) is 67.5 Å². The van der Waals surface area contributed by atoms with Crippen molar-refractivity contribution >= 4 is 5.91 Å². The van der Waals surface area contributed by atoms with Crippen molar-refractivity contribution in [1.82, 2.24) is 29.8 Å². The van der Waals surface area contributed by atoms with Crippen molar-refractivity contribution < 1.29 is 9.53 Å². The first-order valence-corrected chi connectivity index (χ1v) is 11.7. The monoisotopic (exact) mass is 466 g/mol. The number of carbonyl (C=O) groups excluding carboxylic acids is 1. The summed E-state index contributed by atoms with van der Waals surface area (Å²) in [4.78, 5) is 37.3. The largest absolute Gasteiger partial charge is 0.439 e. The molecule has 1 aliphatic rings. The Hall–Kier alpha value is -4.20. The second-order valence-corrected chi connectivity index (χ2v) is 8.72. The number of benzene rings is 1. The lowest BCUT2D eigenvalue weighted by atomic mass is 9.99. The van der Waals surface area contributed by atoms with Gasteiger partial charge in [-0.15, -0.1) is 0 Å². The number of nitrogens with zero attached hydrogens (tertiary/aromatic N) is 6. The van der Waals surface area contributed by atoms with Gasteiger partial charge in [0.1, 0.15) is 12.1 Å². The molecule has 0 N–H and O–H groups in total. The normalized spacial score (nSPS) is 15.6. The molecule has 1 fully saturated rings. The number of pyridine rings is 1. The third-order valence-electron chi connectivity index (χ3n) is 6.03. The van der Waals surface area contributed by atoms with Gasteiger partial charge in [0.25, 0.3) is 5.91 Å². The third-order valence-corrected chi connectivity index (χ3v) is 6.03. The molecule has 0 bridgehead atoms. The molecule has 3 aromatic heterocycles. The summed E-state index contributed by atoms with van der Waals surface area (Å²) in [7, 11) is 0. The van der Waals surface area contributed by atoms with Gasteiger partial charge >= 0.3 is 0 Å². The first kappa shape index (κ1) is 22.6. The molecule has 35 heavy (non-hydrogen) atoms. The van der Waals surface area contributed by atoms with Gasteiger partial charge < -0.3 is 9.64 Å². The van der Waals surface area contributed by atoms with Crippen LogP contribution in [0.5, 0.6) is 11.6 Å². The number of amides is 1. The van der Waals surface area contributed by atoms with Crippen LogP contribution < -0.4 is 4.74 Å². The van der Waals surface area contributed by atoms with Crippen molar-refractivity contribution in [2.24, 2.45) is 0 Å². The zero-order valence-corrected chi connectivity index (χ0v) is 19.8. The van der Waals surface area contributed by atoms with Crippen molar-refractivity contribution in [3.63, 3.8) is 0 Å². The topological polar surface area (TPSA) is 94.0 Å². The molecule has 8 nitrogen and oxygen atoms in total. The molecule has 1 atom stereocenters. The van der Waals surface area contributed by atoms with Crippen molar-refractivity contribution in [1.29, 1.82) is 0 Å². The average Bonchev–Trinajstić information content (AvgIpc) is 2.90. The molecule has 1 unspecified atom stereocenters. The highest BCUT2D eigenvalue weighted by molar-refractivity contribution is 5.95. The summed E-state index contributed by atoms with van der Waals surface area (Å²) in [5.41, 5.74) is 4.08.